The highest BCUT2D eigenvalue weighted by Crippen LogP contribution is 2.38. The zero-order valence-corrected chi connectivity index (χ0v) is 16.0. The molecule has 3 heterocycles. The van der Waals surface area contributed by atoms with Gasteiger partial charge in [-0.15, -0.1) is 0 Å². The van der Waals surface area contributed by atoms with Crippen molar-refractivity contribution in [1.82, 2.24) is 19.7 Å². The summed E-state index contributed by atoms with van der Waals surface area (Å²) in [5, 5.41) is 5.27. The number of aryl methyl sites for hydroxylation is 2. The Balaban J connectivity index is 1.92. The van der Waals surface area contributed by atoms with E-state index in [0.717, 1.165) is 42.9 Å². The van der Waals surface area contributed by atoms with Crippen LogP contribution in [0.1, 0.15) is 60.2 Å². The first-order valence-electron chi connectivity index (χ1n) is 8.86. The summed E-state index contributed by atoms with van der Waals surface area (Å²) in [5.41, 5.74) is 3.24. The van der Waals surface area contributed by atoms with E-state index in [9.17, 15) is 4.79 Å². The van der Waals surface area contributed by atoms with Gasteiger partial charge in [-0.3, -0.25) is 9.48 Å². The van der Waals surface area contributed by atoms with E-state index in [4.69, 9.17) is 11.6 Å². The first kappa shape index (κ1) is 17.9. The molecule has 1 atom stereocenters. The van der Waals surface area contributed by atoms with E-state index in [0.29, 0.717) is 16.8 Å². The summed E-state index contributed by atoms with van der Waals surface area (Å²) < 4.78 is 1.86. The van der Waals surface area contributed by atoms with Gasteiger partial charge in [0.25, 0.3) is 5.91 Å². The molecule has 1 unspecified atom stereocenters. The molecule has 5 nitrogen and oxygen atoms in total. The molecule has 0 N–H and O–H groups in total. The monoisotopic (exact) mass is 360 g/mol. The molecular weight excluding hydrogens is 336 g/mol. The molecule has 0 radical (unpaired) electrons. The normalized spacial score (nSPS) is 17.5. The average molecular weight is 361 g/mol. The third kappa shape index (κ3) is 3.56. The number of hydrogen-bond donors (Lipinski definition) is 0. The summed E-state index contributed by atoms with van der Waals surface area (Å²) in [7, 11) is 0. The highest BCUT2D eigenvalue weighted by Gasteiger charge is 2.35. The number of carbonyl (C=O) groups is 1. The van der Waals surface area contributed by atoms with Crippen LogP contribution in [0.25, 0.3) is 0 Å². The molecule has 1 amide bonds. The van der Waals surface area contributed by atoms with Gasteiger partial charge in [0.05, 0.1) is 11.7 Å². The zero-order chi connectivity index (χ0) is 18.1. The molecule has 1 aliphatic rings. The lowest BCUT2D eigenvalue weighted by Crippen LogP contribution is -2.31. The van der Waals surface area contributed by atoms with Crippen LogP contribution in [0.4, 0.5) is 0 Å². The Kier molecular flexibility index (Phi) is 5.13. The third-order valence-corrected chi connectivity index (χ3v) is 5.00. The molecule has 2 aromatic heterocycles. The minimum atomic E-state index is -0.0294. The van der Waals surface area contributed by atoms with Crippen molar-refractivity contribution >= 4 is 17.5 Å². The van der Waals surface area contributed by atoms with E-state index < -0.39 is 0 Å². The summed E-state index contributed by atoms with van der Waals surface area (Å²) in [4.78, 5) is 19.3. The van der Waals surface area contributed by atoms with Gasteiger partial charge in [-0.05, 0) is 44.7 Å². The average Bonchev–Trinajstić information content (AvgIpc) is 3.11. The van der Waals surface area contributed by atoms with Crippen LogP contribution in [-0.4, -0.2) is 32.1 Å². The van der Waals surface area contributed by atoms with Crippen LogP contribution in [0.15, 0.2) is 18.2 Å². The second-order valence-electron chi connectivity index (χ2n) is 7.19. The lowest BCUT2D eigenvalue weighted by Gasteiger charge is -2.25. The standard InChI is InChI=1S/C19H25ClN4O/c1-12(2)11-24-18(20)17(14(4)22-24)16-9-6-10-23(16)19(25)15-8-5-7-13(3)21-15/h5,7-8,12,16H,6,9-11H2,1-4H3. The largest absolute Gasteiger partial charge is 0.330 e. The Hall–Kier alpha value is -1.88. The van der Waals surface area contributed by atoms with Crippen LogP contribution >= 0.6 is 11.6 Å². The van der Waals surface area contributed by atoms with Crippen LogP contribution in [0, 0.1) is 19.8 Å². The Labute approximate surface area is 154 Å². The van der Waals surface area contributed by atoms with Gasteiger partial charge in [-0.2, -0.15) is 5.10 Å². The molecule has 0 aromatic carbocycles. The summed E-state index contributed by atoms with van der Waals surface area (Å²) in [6.07, 6.45) is 1.87. The fraction of sp³-hybridized carbons (Fsp3) is 0.526. The number of pyridine rings is 1. The van der Waals surface area contributed by atoms with E-state index in [1.54, 1.807) is 6.07 Å². The number of carbonyl (C=O) groups excluding carboxylic acids is 1. The Morgan fingerprint density at radius 1 is 1.36 bits per heavy atom. The van der Waals surface area contributed by atoms with Crippen LogP contribution in [0.5, 0.6) is 0 Å². The van der Waals surface area contributed by atoms with Crippen molar-refractivity contribution in [2.24, 2.45) is 5.92 Å². The maximum Gasteiger partial charge on any atom is 0.272 e. The van der Waals surface area contributed by atoms with Crippen molar-refractivity contribution in [3.63, 3.8) is 0 Å². The SMILES string of the molecule is Cc1cccc(C(=O)N2CCCC2c2c(C)nn(CC(C)C)c2Cl)n1. The summed E-state index contributed by atoms with van der Waals surface area (Å²) in [6.45, 7) is 9.66. The number of hydrogen-bond acceptors (Lipinski definition) is 3. The third-order valence-electron chi connectivity index (χ3n) is 4.60. The molecule has 1 saturated heterocycles. The van der Waals surface area contributed by atoms with Crippen molar-refractivity contribution in [2.45, 2.75) is 53.1 Å². The fourth-order valence-corrected chi connectivity index (χ4v) is 3.90. The lowest BCUT2D eigenvalue weighted by atomic mass is 10.1. The van der Waals surface area contributed by atoms with Crippen LogP contribution in [-0.2, 0) is 6.54 Å². The minimum absolute atomic E-state index is 0.0248. The summed E-state index contributed by atoms with van der Waals surface area (Å²) in [5.74, 6) is 0.431. The molecule has 0 spiro atoms. The molecule has 6 heteroatoms. The molecule has 3 rings (SSSR count). The Morgan fingerprint density at radius 3 is 2.80 bits per heavy atom. The van der Waals surface area contributed by atoms with Crippen molar-refractivity contribution in [3.05, 3.63) is 46.0 Å². The van der Waals surface area contributed by atoms with Gasteiger partial charge in [-0.1, -0.05) is 31.5 Å². The Morgan fingerprint density at radius 2 is 2.12 bits per heavy atom. The summed E-state index contributed by atoms with van der Waals surface area (Å²) in [6, 6.07) is 5.53. The molecule has 2 aromatic rings. The highest BCUT2D eigenvalue weighted by atomic mass is 35.5. The van der Waals surface area contributed by atoms with Gasteiger partial charge in [0, 0.05) is 24.3 Å². The number of likely N-dealkylation sites (tertiary alicyclic amines) is 1. The molecule has 1 fully saturated rings. The van der Waals surface area contributed by atoms with Gasteiger partial charge in [0.15, 0.2) is 0 Å². The van der Waals surface area contributed by atoms with Gasteiger partial charge >= 0.3 is 0 Å². The van der Waals surface area contributed by atoms with Gasteiger partial charge < -0.3 is 4.90 Å². The molecule has 0 saturated carbocycles. The fourth-order valence-electron chi connectivity index (χ4n) is 3.53. The van der Waals surface area contributed by atoms with Crippen LogP contribution < -0.4 is 0 Å². The summed E-state index contributed by atoms with van der Waals surface area (Å²) >= 11 is 6.64. The second kappa shape index (κ2) is 7.16. The van der Waals surface area contributed by atoms with Gasteiger partial charge in [0.1, 0.15) is 10.8 Å². The number of amides is 1. The maximum atomic E-state index is 13.0. The first-order chi connectivity index (χ1) is 11.9. The second-order valence-corrected chi connectivity index (χ2v) is 7.54. The van der Waals surface area contributed by atoms with Crippen molar-refractivity contribution in [1.29, 1.82) is 0 Å². The highest BCUT2D eigenvalue weighted by molar-refractivity contribution is 6.30. The van der Waals surface area contributed by atoms with Gasteiger partial charge in [0.2, 0.25) is 0 Å². The number of rotatable bonds is 4. The Bertz CT molecular complexity index is 784. The van der Waals surface area contributed by atoms with E-state index in [2.05, 4.69) is 23.9 Å². The molecule has 0 bridgehead atoms. The van der Waals surface area contributed by atoms with E-state index in [1.807, 2.05) is 35.6 Å². The van der Waals surface area contributed by atoms with Crippen molar-refractivity contribution in [3.8, 4) is 0 Å². The number of aromatic nitrogens is 3. The molecule has 25 heavy (non-hydrogen) atoms. The topological polar surface area (TPSA) is 51.0 Å². The van der Waals surface area contributed by atoms with E-state index >= 15 is 0 Å². The van der Waals surface area contributed by atoms with Crippen molar-refractivity contribution < 1.29 is 4.79 Å². The predicted molar refractivity (Wildman–Crippen MR) is 98.8 cm³/mol. The molecular formula is C19H25ClN4O. The van der Waals surface area contributed by atoms with Crippen molar-refractivity contribution in [2.75, 3.05) is 6.54 Å². The zero-order valence-electron chi connectivity index (χ0n) is 15.3. The predicted octanol–water partition coefficient (Wildman–Crippen LogP) is 4.18. The minimum Gasteiger partial charge on any atom is -0.330 e. The molecule has 1 aliphatic heterocycles. The van der Waals surface area contributed by atoms with E-state index in [-0.39, 0.29) is 11.9 Å². The quantitative estimate of drug-likeness (QED) is 0.821. The lowest BCUT2D eigenvalue weighted by molar-refractivity contribution is 0.0729. The van der Waals surface area contributed by atoms with Crippen LogP contribution in [0.3, 0.4) is 0 Å². The van der Waals surface area contributed by atoms with Crippen LogP contribution in [0.2, 0.25) is 5.15 Å². The van der Waals surface area contributed by atoms with E-state index in [1.165, 1.54) is 0 Å². The smallest absolute Gasteiger partial charge is 0.272 e. The van der Waals surface area contributed by atoms with Gasteiger partial charge in [-0.25, -0.2) is 4.98 Å². The molecule has 0 aliphatic carbocycles. The molecule has 134 valence electrons. The number of halogens is 1. The first-order valence-corrected chi connectivity index (χ1v) is 9.23. The number of nitrogens with zero attached hydrogens (tertiary/aromatic N) is 4. The maximum absolute atomic E-state index is 13.0.